The summed E-state index contributed by atoms with van der Waals surface area (Å²) < 4.78 is 11.7. The molecule has 1 N–H and O–H groups in total. The maximum atomic E-state index is 6.11. The molecule has 26 heavy (non-hydrogen) atoms. The normalized spacial score (nSPS) is 16.1. The summed E-state index contributed by atoms with van der Waals surface area (Å²) in [5, 5.41) is 5.80. The first-order valence-corrected chi connectivity index (χ1v) is 9.85. The van der Waals surface area contributed by atoms with Crippen molar-refractivity contribution in [3.63, 3.8) is 0 Å². The minimum Gasteiger partial charge on any atom is -0.493 e. The Labute approximate surface area is 158 Å². The molecule has 134 valence electrons. The Hall–Kier alpha value is -2.30. The third-order valence-corrected chi connectivity index (χ3v) is 5.71. The predicted molar refractivity (Wildman–Crippen MR) is 106 cm³/mol. The number of hydrogen-bond donors (Lipinski definition) is 1. The summed E-state index contributed by atoms with van der Waals surface area (Å²) in [7, 11) is 1.71. The summed E-state index contributed by atoms with van der Waals surface area (Å²) in [6, 6.07) is 19.2. The molecule has 1 aliphatic rings. The summed E-state index contributed by atoms with van der Waals surface area (Å²) in [4.78, 5) is 1.40. The number of rotatable bonds is 6. The lowest BCUT2D eigenvalue weighted by Crippen LogP contribution is -2.31. The first kappa shape index (κ1) is 17.1. The second kappa shape index (κ2) is 7.94. The van der Waals surface area contributed by atoms with Crippen LogP contribution in [-0.2, 0) is 19.4 Å². The van der Waals surface area contributed by atoms with Crippen molar-refractivity contribution in [3.05, 3.63) is 81.5 Å². The fourth-order valence-electron chi connectivity index (χ4n) is 3.47. The Kier molecular flexibility index (Phi) is 5.23. The van der Waals surface area contributed by atoms with E-state index in [2.05, 4.69) is 47.1 Å². The molecule has 0 unspecified atom stereocenters. The zero-order chi connectivity index (χ0) is 17.8. The van der Waals surface area contributed by atoms with Gasteiger partial charge in [0.2, 0.25) is 0 Å². The molecule has 3 nitrogen and oxygen atoms in total. The number of hydrogen-bond acceptors (Lipinski definition) is 4. The molecule has 0 aliphatic carbocycles. The van der Waals surface area contributed by atoms with Gasteiger partial charge in [-0.2, -0.15) is 0 Å². The molecule has 0 amide bonds. The third kappa shape index (κ3) is 3.76. The maximum Gasteiger partial charge on any atom is 0.162 e. The summed E-state index contributed by atoms with van der Waals surface area (Å²) >= 11 is 1.81. The molecule has 1 aromatic heterocycles. The van der Waals surface area contributed by atoms with E-state index in [0.717, 1.165) is 36.4 Å². The Morgan fingerprint density at radius 1 is 1.08 bits per heavy atom. The van der Waals surface area contributed by atoms with E-state index in [9.17, 15) is 0 Å². The molecule has 3 aromatic rings. The molecule has 2 heterocycles. The highest BCUT2D eigenvalue weighted by Crippen LogP contribution is 2.37. The van der Waals surface area contributed by atoms with Crippen molar-refractivity contribution in [2.45, 2.75) is 25.5 Å². The van der Waals surface area contributed by atoms with Crippen LogP contribution in [0.15, 0.2) is 60.0 Å². The first-order valence-electron chi connectivity index (χ1n) is 8.97. The quantitative estimate of drug-likeness (QED) is 0.683. The number of thiophene rings is 1. The van der Waals surface area contributed by atoms with Gasteiger partial charge in [0.05, 0.1) is 7.11 Å². The van der Waals surface area contributed by atoms with Gasteiger partial charge in [-0.05, 0) is 53.2 Å². The molecule has 0 saturated heterocycles. The van der Waals surface area contributed by atoms with Crippen LogP contribution < -0.4 is 14.8 Å². The second-order valence-electron chi connectivity index (χ2n) is 6.52. The Morgan fingerprint density at radius 3 is 2.73 bits per heavy atom. The van der Waals surface area contributed by atoms with Crippen LogP contribution in [0.5, 0.6) is 11.5 Å². The van der Waals surface area contributed by atoms with E-state index in [1.165, 1.54) is 16.0 Å². The van der Waals surface area contributed by atoms with Crippen molar-refractivity contribution in [1.82, 2.24) is 5.32 Å². The first-order chi connectivity index (χ1) is 12.8. The number of ether oxygens (including phenoxy) is 2. The SMILES string of the molecule is COc1cc2c(cc1OCc1ccccc1)[C@H](Cc1cccs1)NCC2. The average molecular weight is 365 g/mol. The third-order valence-electron chi connectivity index (χ3n) is 4.81. The van der Waals surface area contributed by atoms with Crippen molar-refractivity contribution in [3.8, 4) is 11.5 Å². The molecule has 2 aromatic carbocycles. The summed E-state index contributed by atoms with van der Waals surface area (Å²) in [5.74, 6) is 1.63. The smallest absolute Gasteiger partial charge is 0.162 e. The van der Waals surface area contributed by atoms with Crippen molar-refractivity contribution in [2.75, 3.05) is 13.7 Å². The minimum atomic E-state index is 0.322. The Balaban J connectivity index is 1.60. The number of benzene rings is 2. The van der Waals surface area contributed by atoms with Gasteiger partial charge in [-0.1, -0.05) is 36.4 Å². The van der Waals surface area contributed by atoms with E-state index in [1.54, 1.807) is 7.11 Å². The van der Waals surface area contributed by atoms with Gasteiger partial charge in [-0.25, -0.2) is 0 Å². The predicted octanol–water partition coefficient (Wildman–Crippen LogP) is 4.77. The molecule has 1 atom stereocenters. The summed E-state index contributed by atoms with van der Waals surface area (Å²) in [6.45, 7) is 1.54. The van der Waals surface area contributed by atoms with Gasteiger partial charge in [0.25, 0.3) is 0 Å². The second-order valence-corrected chi connectivity index (χ2v) is 7.55. The van der Waals surface area contributed by atoms with Gasteiger partial charge in [-0.15, -0.1) is 11.3 Å². The molecule has 0 radical (unpaired) electrons. The van der Waals surface area contributed by atoms with Gasteiger partial charge < -0.3 is 14.8 Å². The van der Waals surface area contributed by atoms with E-state index < -0.39 is 0 Å². The van der Waals surface area contributed by atoms with Crippen LogP contribution in [0.3, 0.4) is 0 Å². The van der Waals surface area contributed by atoms with E-state index in [-0.39, 0.29) is 0 Å². The van der Waals surface area contributed by atoms with Crippen molar-refractivity contribution in [2.24, 2.45) is 0 Å². The van der Waals surface area contributed by atoms with Crippen LogP contribution in [0.25, 0.3) is 0 Å². The van der Waals surface area contributed by atoms with Crippen LogP contribution in [0.4, 0.5) is 0 Å². The van der Waals surface area contributed by atoms with Crippen molar-refractivity contribution in [1.29, 1.82) is 0 Å². The van der Waals surface area contributed by atoms with Crippen LogP contribution in [-0.4, -0.2) is 13.7 Å². The van der Waals surface area contributed by atoms with Crippen LogP contribution in [0.2, 0.25) is 0 Å². The van der Waals surface area contributed by atoms with Crippen LogP contribution in [0, 0.1) is 0 Å². The minimum absolute atomic E-state index is 0.322. The fourth-order valence-corrected chi connectivity index (χ4v) is 4.22. The van der Waals surface area contributed by atoms with Crippen LogP contribution >= 0.6 is 11.3 Å². The monoisotopic (exact) mass is 365 g/mol. The summed E-state index contributed by atoms with van der Waals surface area (Å²) in [5.41, 5.74) is 3.84. The molecule has 0 bridgehead atoms. The molecule has 0 spiro atoms. The highest BCUT2D eigenvalue weighted by molar-refractivity contribution is 7.09. The van der Waals surface area contributed by atoms with Gasteiger partial charge in [-0.3, -0.25) is 0 Å². The van der Waals surface area contributed by atoms with E-state index in [1.807, 2.05) is 29.5 Å². The molecule has 4 rings (SSSR count). The number of methoxy groups -OCH3 is 1. The van der Waals surface area contributed by atoms with Gasteiger partial charge in [0.15, 0.2) is 11.5 Å². The molecule has 0 fully saturated rings. The average Bonchev–Trinajstić information content (AvgIpc) is 3.20. The Morgan fingerprint density at radius 2 is 1.96 bits per heavy atom. The maximum absolute atomic E-state index is 6.11. The van der Waals surface area contributed by atoms with Crippen molar-refractivity contribution < 1.29 is 9.47 Å². The molecule has 0 saturated carbocycles. The molecular weight excluding hydrogens is 342 g/mol. The fraction of sp³-hybridized carbons (Fsp3) is 0.273. The van der Waals surface area contributed by atoms with E-state index in [0.29, 0.717) is 12.6 Å². The standard InChI is InChI=1S/C22H23NO2S/c1-24-21-12-17-9-10-23-20(13-18-8-5-11-26-18)19(17)14-22(21)25-15-16-6-3-2-4-7-16/h2-8,11-12,14,20,23H,9-10,13,15H2,1H3/t20-/m0/s1. The highest BCUT2D eigenvalue weighted by Gasteiger charge is 2.23. The lowest BCUT2D eigenvalue weighted by atomic mass is 9.91. The van der Waals surface area contributed by atoms with Crippen molar-refractivity contribution >= 4 is 11.3 Å². The lowest BCUT2D eigenvalue weighted by molar-refractivity contribution is 0.283. The largest absolute Gasteiger partial charge is 0.493 e. The topological polar surface area (TPSA) is 30.5 Å². The van der Waals surface area contributed by atoms with E-state index in [4.69, 9.17) is 9.47 Å². The van der Waals surface area contributed by atoms with Gasteiger partial charge in [0.1, 0.15) is 6.61 Å². The molecular formula is C22H23NO2S. The van der Waals surface area contributed by atoms with Gasteiger partial charge in [0, 0.05) is 17.3 Å². The molecule has 1 aliphatic heterocycles. The van der Waals surface area contributed by atoms with E-state index >= 15 is 0 Å². The zero-order valence-corrected chi connectivity index (χ0v) is 15.7. The number of nitrogens with one attached hydrogen (secondary N) is 1. The zero-order valence-electron chi connectivity index (χ0n) is 14.9. The van der Waals surface area contributed by atoms with Gasteiger partial charge >= 0.3 is 0 Å². The lowest BCUT2D eigenvalue weighted by Gasteiger charge is -2.28. The number of fused-ring (bicyclic) bond motifs is 1. The van der Waals surface area contributed by atoms with Crippen LogP contribution in [0.1, 0.15) is 27.6 Å². The highest BCUT2D eigenvalue weighted by atomic mass is 32.1. The molecule has 4 heteroatoms. The summed E-state index contributed by atoms with van der Waals surface area (Å²) in [6.07, 6.45) is 2.03. The Bertz CT molecular complexity index is 846.